The average Bonchev–Trinajstić information content (AvgIpc) is 2.73. The molecule has 0 spiro atoms. The Labute approximate surface area is 172 Å². The molecule has 2 heterocycles. The van der Waals surface area contributed by atoms with Gasteiger partial charge in [0.25, 0.3) is 5.91 Å². The minimum absolute atomic E-state index is 0.263. The minimum Gasteiger partial charge on any atom is -0.449 e. The minimum atomic E-state index is -1.15. The molecule has 0 saturated carbocycles. The van der Waals surface area contributed by atoms with E-state index in [0.717, 1.165) is 0 Å². The Morgan fingerprint density at radius 1 is 1.07 bits per heavy atom. The van der Waals surface area contributed by atoms with Crippen LogP contribution in [0.1, 0.15) is 31.1 Å². The summed E-state index contributed by atoms with van der Waals surface area (Å²) in [4.78, 5) is 48.2. The van der Waals surface area contributed by atoms with Gasteiger partial charge < -0.3 is 10.1 Å². The van der Waals surface area contributed by atoms with Crippen LogP contribution in [0.3, 0.4) is 0 Å². The lowest BCUT2D eigenvalue weighted by molar-refractivity contribution is -0.131. The van der Waals surface area contributed by atoms with Gasteiger partial charge in [0.1, 0.15) is 5.54 Å². The zero-order chi connectivity index (χ0) is 21.5. The standard InChI is InChI=1S/C22H20N4O4/c1-13(30-20(28)14-8-9-15-17(12-14)24-11-10-23-15)19(27)26-18-7-5-4-6-16(18)25-21(29)22(26,2)3/h4-13H,1-3H3,(H,25,29)/t13-/m1/s1. The van der Waals surface area contributed by atoms with E-state index >= 15 is 0 Å². The summed E-state index contributed by atoms with van der Waals surface area (Å²) in [6.45, 7) is 4.78. The topological polar surface area (TPSA) is 101 Å². The fraction of sp³-hybridized carbons (Fsp3) is 0.227. The van der Waals surface area contributed by atoms with Gasteiger partial charge in [-0.15, -0.1) is 0 Å². The van der Waals surface area contributed by atoms with Gasteiger partial charge in [-0.3, -0.25) is 24.5 Å². The van der Waals surface area contributed by atoms with Crippen molar-refractivity contribution in [3.8, 4) is 0 Å². The Kier molecular flexibility index (Phi) is 4.69. The summed E-state index contributed by atoms with van der Waals surface area (Å²) in [5.74, 6) is -1.46. The van der Waals surface area contributed by atoms with E-state index in [1.165, 1.54) is 18.0 Å². The highest BCUT2D eigenvalue weighted by atomic mass is 16.5. The molecule has 1 atom stereocenters. The molecule has 4 rings (SSSR count). The highest BCUT2D eigenvalue weighted by Gasteiger charge is 2.45. The summed E-state index contributed by atoms with van der Waals surface area (Å²) in [5, 5.41) is 2.80. The van der Waals surface area contributed by atoms with Gasteiger partial charge in [-0.25, -0.2) is 4.79 Å². The van der Waals surface area contributed by atoms with Crippen LogP contribution in [-0.4, -0.2) is 39.4 Å². The number of amides is 2. The van der Waals surface area contributed by atoms with Crippen molar-refractivity contribution >= 4 is 40.2 Å². The van der Waals surface area contributed by atoms with Crippen molar-refractivity contribution in [3.05, 3.63) is 60.4 Å². The maximum absolute atomic E-state index is 13.2. The Balaban J connectivity index is 1.59. The molecule has 152 valence electrons. The number of rotatable bonds is 3. The van der Waals surface area contributed by atoms with Gasteiger partial charge in [-0.1, -0.05) is 12.1 Å². The molecule has 0 bridgehead atoms. The van der Waals surface area contributed by atoms with Crippen molar-refractivity contribution in [1.82, 2.24) is 9.97 Å². The summed E-state index contributed by atoms with van der Waals surface area (Å²) >= 11 is 0. The summed E-state index contributed by atoms with van der Waals surface area (Å²) in [7, 11) is 0. The highest BCUT2D eigenvalue weighted by molar-refractivity contribution is 6.15. The van der Waals surface area contributed by atoms with E-state index < -0.39 is 23.5 Å². The first-order valence-electron chi connectivity index (χ1n) is 9.45. The number of nitrogens with one attached hydrogen (secondary N) is 1. The number of carbonyl (C=O) groups is 3. The summed E-state index contributed by atoms with van der Waals surface area (Å²) in [6.07, 6.45) is 1.99. The number of aromatic nitrogens is 2. The van der Waals surface area contributed by atoms with Gasteiger partial charge in [-0.2, -0.15) is 0 Å². The van der Waals surface area contributed by atoms with Crippen molar-refractivity contribution in [3.63, 3.8) is 0 Å². The van der Waals surface area contributed by atoms with Crippen molar-refractivity contribution in [2.45, 2.75) is 32.4 Å². The predicted molar refractivity (Wildman–Crippen MR) is 111 cm³/mol. The second-order valence-electron chi connectivity index (χ2n) is 7.51. The third kappa shape index (κ3) is 3.26. The highest BCUT2D eigenvalue weighted by Crippen LogP contribution is 2.37. The number of para-hydroxylation sites is 2. The van der Waals surface area contributed by atoms with Crippen LogP contribution in [0.2, 0.25) is 0 Å². The molecule has 1 aliphatic heterocycles. The molecular formula is C22H20N4O4. The lowest BCUT2D eigenvalue weighted by Gasteiger charge is -2.42. The van der Waals surface area contributed by atoms with Crippen LogP contribution in [0.15, 0.2) is 54.9 Å². The monoisotopic (exact) mass is 404 g/mol. The van der Waals surface area contributed by atoms with E-state index in [1.807, 2.05) is 0 Å². The first-order valence-corrected chi connectivity index (χ1v) is 9.45. The van der Waals surface area contributed by atoms with Gasteiger partial charge in [0.05, 0.1) is 28.0 Å². The second-order valence-corrected chi connectivity index (χ2v) is 7.51. The van der Waals surface area contributed by atoms with Crippen LogP contribution in [-0.2, 0) is 14.3 Å². The zero-order valence-electron chi connectivity index (χ0n) is 16.7. The molecule has 1 N–H and O–H groups in total. The fourth-order valence-electron chi connectivity index (χ4n) is 3.40. The molecular weight excluding hydrogens is 384 g/mol. The molecule has 0 aliphatic carbocycles. The van der Waals surface area contributed by atoms with Gasteiger partial charge in [0, 0.05) is 12.4 Å². The van der Waals surface area contributed by atoms with E-state index in [1.54, 1.807) is 62.5 Å². The number of hydrogen-bond acceptors (Lipinski definition) is 6. The van der Waals surface area contributed by atoms with Crippen molar-refractivity contribution in [1.29, 1.82) is 0 Å². The number of benzene rings is 2. The van der Waals surface area contributed by atoms with E-state index in [2.05, 4.69) is 15.3 Å². The molecule has 2 aromatic carbocycles. The van der Waals surface area contributed by atoms with Crippen molar-refractivity contribution in [2.24, 2.45) is 0 Å². The first kappa shape index (κ1) is 19.5. The number of hydrogen-bond donors (Lipinski definition) is 1. The Morgan fingerprint density at radius 2 is 1.77 bits per heavy atom. The third-order valence-electron chi connectivity index (χ3n) is 5.06. The molecule has 0 radical (unpaired) electrons. The molecule has 0 unspecified atom stereocenters. The number of nitrogens with zero attached hydrogens (tertiary/aromatic N) is 3. The van der Waals surface area contributed by atoms with E-state index in [-0.39, 0.29) is 11.5 Å². The van der Waals surface area contributed by atoms with Crippen LogP contribution in [0.4, 0.5) is 11.4 Å². The Morgan fingerprint density at radius 3 is 2.53 bits per heavy atom. The van der Waals surface area contributed by atoms with Crippen LogP contribution in [0.25, 0.3) is 11.0 Å². The largest absolute Gasteiger partial charge is 0.449 e. The molecule has 3 aromatic rings. The Bertz CT molecular complexity index is 1170. The summed E-state index contributed by atoms with van der Waals surface area (Å²) < 4.78 is 5.43. The molecule has 0 fully saturated rings. The van der Waals surface area contributed by atoms with Crippen molar-refractivity contribution in [2.75, 3.05) is 10.2 Å². The molecule has 0 saturated heterocycles. The van der Waals surface area contributed by atoms with Crippen LogP contribution >= 0.6 is 0 Å². The quantitative estimate of drug-likeness (QED) is 0.674. The molecule has 1 aromatic heterocycles. The summed E-state index contributed by atoms with van der Waals surface area (Å²) in [5.41, 5.74) is 1.39. The van der Waals surface area contributed by atoms with Crippen molar-refractivity contribution < 1.29 is 19.1 Å². The molecule has 30 heavy (non-hydrogen) atoms. The lowest BCUT2D eigenvalue weighted by Crippen LogP contribution is -2.60. The third-order valence-corrected chi connectivity index (χ3v) is 5.06. The molecule has 2 amide bonds. The first-order chi connectivity index (χ1) is 14.3. The van der Waals surface area contributed by atoms with Crippen LogP contribution < -0.4 is 10.2 Å². The van der Waals surface area contributed by atoms with Gasteiger partial charge in [-0.05, 0) is 51.1 Å². The molecule has 1 aliphatic rings. The number of esters is 1. The Hall–Kier alpha value is -3.81. The maximum atomic E-state index is 13.2. The number of ether oxygens (including phenoxy) is 1. The van der Waals surface area contributed by atoms with E-state index in [0.29, 0.717) is 22.4 Å². The summed E-state index contributed by atoms with van der Waals surface area (Å²) in [6, 6.07) is 11.8. The SMILES string of the molecule is C[C@@H](OC(=O)c1ccc2nccnc2c1)C(=O)N1c2ccccc2NC(=O)C1(C)C. The number of carbonyl (C=O) groups excluding carboxylic acids is 3. The second kappa shape index (κ2) is 7.22. The molecule has 8 heteroatoms. The lowest BCUT2D eigenvalue weighted by atomic mass is 9.95. The number of anilines is 2. The van der Waals surface area contributed by atoms with Crippen LogP contribution in [0.5, 0.6) is 0 Å². The van der Waals surface area contributed by atoms with E-state index in [9.17, 15) is 14.4 Å². The maximum Gasteiger partial charge on any atom is 0.338 e. The van der Waals surface area contributed by atoms with Gasteiger partial charge >= 0.3 is 5.97 Å². The van der Waals surface area contributed by atoms with Gasteiger partial charge in [0.15, 0.2) is 6.10 Å². The predicted octanol–water partition coefficient (Wildman–Crippen LogP) is 2.94. The number of fused-ring (bicyclic) bond motifs is 2. The molecule has 8 nitrogen and oxygen atoms in total. The normalized spacial score (nSPS) is 15.8. The van der Waals surface area contributed by atoms with E-state index in [4.69, 9.17) is 4.74 Å². The van der Waals surface area contributed by atoms with Gasteiger partial charge in [0.2, 0.25) is 5.91 Å². The zero-order valence-corrected chi connectivity index (χ0v) is 16.7. The fourth-order valence-corrected chi connectivity index (χ4v) is 3.40. The smallest absolute Gasteiger partial charge is 0.338 e. The van der Waals surface area contributed by atoms with Crippen LogP contribution in [0, 0.1) is 0 Å². The average molecular weight is 404 g/mol.